The number of aryl methyl sites for hydroxylation is 1. The number of anilines is 1. The molecule has 0 spiro atoms. The summed E-state index contributed by atoms with van der Waals surface area (Å²) in [6, 6.07) is 10.8. The summed E-state index contributed by atoms with van der Waals surface area (Å²) in [5, 5.41) is 0. The van der Waals surface area contributed by atoms with Crippen LogP contribution in [0.25, 0.3) is 11.1 Å². The van der Waals surface area contributed by atoms with Crippen LogP contribution >= 0.6 is 0 Å². The minimum atomic E-state index is -3.75. The predicted molar refractivity (Wildman–Crippen MR) is 90.0 cm³/mol. The molecule has 3 rings (SSSR count). The number of aromatic nitrogens is 1. The molecule has 0 aliphatic heterocycles. The molecule has 0 radical (unpaired) electrons. The fourth-order valence-electron chi connectivity index (χ4n) is 2.40. The number of hydrogen-bond acceptors (Lipinski definition) is 5. The summed E-state index contributed by atoms with van der Waals surface area (Å²) in [4.78, 5) is 11.8. The number of oxazole rings is 1. The molecule has 0 bridgehead atoms. The highest BCUT2D eigenvalue weighted by atomic mass is 32.2. The molecule has 2 aromatic carbocycles. The molecule has 0 saturated heterocycles. The van der Waals surface area contributed by atoms with Gasteiger partial charge in [0.2, 0.25) is 0 Å². The van der Waals surface area contributed by atoms with Crippen molar-refractivity contribution in [2.24, 2.45) is 0 Å². The molecule has 1 N–H and O–H groups in total. The number of fused-ring (bicyclic) bond motifs is 1. The summed E-state index contributed by atoms with van der Waals surface area (Å²) in [6.45, 7) is 2.30. The van der Waals surface area contributed by atoms with Gasteiger partial charge in [-0.05, 0) is 43.3 Å². The van der Waals surface area contributed by atoms with E-state index in [4.69, 9.17) is 9.15 Å². The number of rotatable bonds is 5. The van der Waals surface area contributed by atoms with Crippen molar-refractivity contribution in [3.05, 3.63) is 53.0 Å². The normalized spacial score (nSPS) is 11.6. The highest BCUT2D eigenvalue weighted by Crippen LogP contribution is 2.22. The lowest BCUT2D eigenvalue weighted by Crippen LogP contribution is -2.13. The van der Waals surface area contributed by atoms with Gasteiger partial charge in [-0.1, -0.05) is 0 Å². The van der Waals surface area contributed by atoms with E-state index in [1.165, 1.54) is 29.9 Å². The van der Waals surface area contributed by atoms with Crippen LogP contribution < -0.4 is 15.2 Å². The molecular weight excluding hydrogens is 332 g/mol. The maximum atomic E-state index is 12.4. The molecule has 0 aliphatic carbocycles. The number of nitrogens with zero attached hydrogens (tertiary/aromatic N) is 1. The van der Waals surface area contributed by atoms with E-state index in [1.54, 1.807) is 24.3 Å². The Bertz CT molecular complexity index is 1030. The third kappa shape index (κ3) is 2.88. The first-order valence-corrected chi connectivity index (χ1v) is 8.73. The third-order valence-electron chi connectivity index (χ3n) is 3.61. The average molecular weight is 348 g/mol. The van der Waals surface area contributed by atoms with Crippen molar-refractivity contribution >= 4 is 26.8 Å². The number of hydrogen-bond donors (Lipinski definition) is 1. The molecule has 24 heavy (non-hydrogen) atoms. The summed E-state index contributed by atoms with van der Waals surface area (Å²) in [7, 11) is -2.24. The molecule has 7 nitrogen and oxygen atoms in total. The number of methoxy groups -OCH3 is 1. The van der Waals surface area contributed by atoms with Crippen molar-refractivity contribution in [2.75, 3.05) is 11.8 Å². The molecule has 126 valence electrons. The Hall–Kier alpha value is -2.74. The molecule has 0 unspecified atom stereocenters. The topological polar surface area (TPSA) is 90.5 Å². The van der Waals surface area contributed by atoms with Gasteiger partial charge in [0.1, 0.15) is 5.75 Å². The van der Waals surface area contributed by atoms with E-state index in [0.29, 0.717) is 29.1 Å². The van der Waals surface area contributed by atoms with Crippen molar-refractivity contribution < 1.29 is 17.6 Å². The Morgan fingerprint density at radius 3 is 2.50 bits per heavy atom. The van der Waals surface area contributed by atoms with E-state index in [2.05, 4.69) is 4.72 Å². The number of nitrogens with one attached hydrogen (secondary N) is 1. The summed E-state index contributed by atoms with van der Waals surface area (Å²) in [5.41, 5.74) is 1.27. The van der Waals surface area contributed by atoms with Crippen LogP contribution in [0, 0.1) is 0 Å². The highest BCUT2D eigenvalue weighted by Gasteiger charge is 2.16. The predicted octanol–water partition coefficient (Wildman–Crippen LogP) is 2.42. The van der Waals surface area contributed by atoms with Gasteiger partial charge in [-0.2, -0.15) is 0 Å². The third-order valence-corrected chi connectivity index (χ3v) is 5.00. The fraction of sp³-hybridized carbons (Fsp3) is 0.188. The summed E-state index contributed by atoms with van der Waals surface area (Å²) < 4.78 is 38.9. The number of ether oxygens (including phenoxy) is 1. The van der Waals surface area contributed by atoms with Crippen LogP contribution in [-0.4, -0.2) is 20.1 Å². The van der Waals surface area contributed by atoms with Gasteiger partial charge in [-0.3, -0.25) is 9.29 Å². The molecule has 0 atom stereocenters. The Kier molecular flexibility index (Phi) is 4.06. The van der Waals surface area contributed by atoms with Gasteiger partial charge in [0.25, 0.3) is 10.0 Å². The molecular formula is C16H16N2O5S. The lowest BCUT2D eigenvalue weighted by atomic mass is 10.3. The first-order valence-electron chi connectivity index (χ1n) is 7.25. The van der Waals surface area contributed by atoms with Crippen LogP contribution in [0.2, 0.25) is 0 Å². The van der Waals surface area contributed by atoms with Gasteiger partial charge in [0, 0.05) is 12.6 Å². The van der Waals surface area contributed by atoms with E-state index in [-0.39, 0.29) is 4.90 Å². The quantitative estimate of drug-likeness (QED) is 0.765. The van der Waals surface area contributed by atoms with E-state index >= 15 is 0 Å². The number of sulfonamides is 1. The Balaban J connectivity index is 1.94. The zero-order valence-corrected chi connectivity index (χ0v) is 14.0. The zero-order valence-electron chi connectivity index (χ0n) is 13.1. The molecule has 0 amide bonds. The van der Waals surface area contributed by atoms with Crippen LogP contribution in [0.1, 0.15) is 6.92 Å². The second-order valence-electron chi connectivity index (χ2n) is 5.08. The van der Waals surface area contributed by atoms with Crippen molar-refractivity contribution in [1.82, 2.24) is 4.57 Å². The molecule has 0 saturated carbocycles. The monoisotopic (exact) mass is 348 g/mol. The molecule has 0 fully saturated rings. The lowest BCUT2D eigenvalue weighted by Gasteiger charge is -2.08. The van der Waals surface area contributed by atoms with Gasteiger partial charge < -0.3 is 9.15 Å². The minimum absolute atomic E-state index is 0.107. The Morgan fingerprint density at radius 2 is 1.88 bits per heavy atom. The van der Waals surface area contributed by atoms with Crippen molar-refractivity contribution in [2.45, 2.75) is 18.4 Å². The van der Waals surface area contributed by atoms with Gasteiger partial charge in [-0.15, -0.1) is 0 Å². The van der Waals surface area contributed by atoms with Crippen LogP contribution in [0.5, 0.6) is 5.75 Å². The van der Waals surface area contributed by atoms with E-state index in [0.717, 1.165) is 0 Å². The average Bonchev–Trinajstić information content (AvgIpc) is 2.88. The Morgan fingerprint density at radius 1 is 1.17 bits per heavy atom. The second kappa shape index (κ2) is 6.04. The highest BCUT2D eigenvalue weighted by molar-refractivity contribution is 7.92. The van der Waals surface area contributed by atoms with Gasteiger partial charge in [0.15, 0.2) is 5.58 Å². The smallest absolute Gasteiger partial charge is 0.419 e. The molecule has 8 heteroatoms. The van der Waals surface area contributed by atoms with Crippen LogP contribution in [-0.2, 0) is 16.6 Å². The Labute approximate surface area is 138 Å². The van der Waals surface area contributed by atoms with Crippen LogP contribution in [0.15, 0.2) is 56.6 Å². The van der Waals surface area contributed by atoms with Crippen molar-refractivity contribution in [3.8, 4) is 5.75 Å². The minimum Gasteiger partial charge on any atom is -0.497 e. The van der Waals surface area contributed by atoms with Gasteiger partial charge in [-0.25, -0.2) is 13.2 Å². The standard InChI is InChI=1S/C16H16N2O5S/c1-3-18-14-9-4-11(10-15(14)23-16(18)19)17-24(20,21)13-7-5-12(22-2)6-8-13/h4-10,17H,3H2,1-2H3. The van der Waals surface area contributed by atoms with Crippen molar-refractivity contribution in [3.63, 3.8) is 0 Å². The SMILES string of the molecule is CCn1c(=O)oc2cc(NS(=O)(=O)c3ccc(OC)cc3)ccc21. The summed E-state index contributed by atoms with van der Waals surface area (Å²) in [6.07, 6.45) is 0. The zero-order chi connectivity index (χ0) is 17.3. The fourth-order valence-corrected chi connectivity index (χ4v) is 3.45. The van der Waals surface area contributed by atoms with E-state index in [1.807, 2.05) is 6.92 Å². The largest absolute Gasteiger partial charge is 0.497 e. The maximum Gasteiger partial charge on any atom is 0.419 e. The van der Waals surface area contributed by atoms with Gasteiger partial charge in [0.05, 0.1) is 23.2 Å². The molecule has 3 aromatic rings. The lowest BCUT2D eigenvalue weighted by molar-refractivity contribution is 0.414. The second-order valence-corrected chi connectivity index (χ2v) is 6.76. The molecule has 0 aliphatic rings. The van der Waals surface area contributed by atoms with Gasteiger partial charge >= 0.3 is 5.76 Å². The van der Waals surface area contributed by atoms with Crippen LogP contribution in [0.3, 0.4) is 0 Å². The van der Waals surface area contributed by atoms with E-state index < -0.39 is 15.8 Å². The molecule has 1 aromatic heterocycles. The van der Waals surface area contributed by atoms with Crippen LogP contribution in [0.4, 0.5) is 5.69 Å². The van der Waals surface area contributed by atoms with Crippen molar-refractivity contribution in [1.29, 1.82) is 0 Å². The van der Waals surface area contributed by atoms with E-state index in [9.17, 15) is 13.2 Å². The maximum absolute atomic E-state index is 12.4. The summed E-state index contributed by atoms with van der Waals surface area (Å²) >= 11 is 0. The first kappa shape index (κ1) is 16.1. The molecule has 1 heterocycles. The summed E-state index contributed by atoms with van der Waals surface area (Å²) in [5.74, 6) is 0.0979. The first-order chi connectivity index (χ1) is 11.4. The number of benzene rings is 2.